The zero-order chi connectivity index (χ0) is 64.8. The van der Waals surface area contributed by atoms with Crippen molar-refractivity contribution in [3.8, 4) is 20.9 Å². The summed E-state index contributed by atoms with van der Waals surface area (Å²) in [6.45, 7) is 25.1. The minimum absolute atomic E-state index is 0.0168. The Balaban J connectivity index is 0.000000185. The molecule has 0 saturated carbocycles. The molecule has 10 rings (SSSR count). The largest absolute Gasteiger partial charge is 0.477 e. The van der Waals surface area contributed by atoms with Crippen molar-refractivity contribution in [3.05, 3.63) is 154 Å². The molecular weight excluding hydrogens is 1180 g/mol. The Morgan fingerprint density at radius 2 is 1.04 bits per heavy atom. The summed E-state index contributed by atoms with van der Waals surface area (Å²) in [5.74, 6) is -0.426. The second-order valence-electron chi connectivity index (χ2n) is 24.7. The minimum Gasteiger partial charge on any atom is -0.477 e. The number of ketones is 2. The molecule has 5 N–H and O–H groups in total. The van der Waals surface area contributed by atoms with Gasteiger partial charge in [-0.3, -0.25) is 19.9 Å². The van der Waals surface area contributed by atoms with Crippen LogP contribution in [0.2, 0.25) is 0 Å². The lowest BCUT2D eigenvalue weighted by Crippen LogP contribution is -2.50. The van der Waals surface area contributed by atoms with Gasteiger partial charge < -0.3 is 54.9 Å². The summed E-state index contributed by atoms with van der Waals surface area (Å²) >= 11 is 3.28. The van der Waals surface area contributed by atoms with Gasteiger partial charge in [0.2, 0.25) is 0 Å². The maximum atomic E-state index is 13.3. The van der Waals surface area contributed by atoms with Crippen LogP contribution in [0, 0.1) is 0 Å². The highest BCUT2D eigenvalue weighted by Gasteiger charge is 2.29. The predicted octanol–water partition coefficient (Wildman–Crippen LogP) is 11.7. The number of carbonyl (C=O) groups is 6. The number of aromatic nitrogens is 3. The third-order valence-corrected chi connectivity index (χ3v) is 16.1. The number of carboxylic acids is 1. The summed E-state index contributed by atoms with van der Waals surface area (Å²) in [6.07, 6.45) is 4.08. The highest BCUT2D eigenvalue weighted by atomic mass is 32.1. The van der Waals surface area contributed by atoms with Crippen molar-refractivity contribution in [2.75, 3.05) is 104 Å². The molecule has 3 saturated heterocycles. The first-order chi connectivity index (χ1) is 42.7. The molecule has 2 aromatic carbocycles. The molecule has 3 amide bonds. The zero-order valence-corrected chi connectivity index (χ0v) is 54.2. The van der Waals surface area contributed by atoms with Crippen LogP contribution in [0.1, 0.15) is 105 Å². The van der Waals surface area contributed by atoms with Crippen molar-refractivity contribution in [3.63, 3.8) is 0 Å². The average molecular weight is 1260 g/mol. The van der Waals surface area contributed by atoms with Gasteiger partial charge in [-0.05, 0) is 168 Å². The third kappa shape index (κ3) is 19.8. The predicted molar refractivity (Wildman–Crippen MR) is 355 cm³/mol. The molecule has 90 heavy (non-hydrogen) atoms. The highest BCUT2D eigenvalue weighted by Crippen LogP contribution is 2.32. The van der Waals surface area contributed by atoms with E-state index in [1.165, 1.54) is 10.9 Å². The van der Waals surface area contributed by atoms with E-state index in [1.807, 2.05) is 119 Å². The smallest absolute Gasteiger partial charge is 0.412 e. The summed E-state index contributed by atoms with van der Waals surface area (Å²) < 4.78 is 16.2. The number of benzene rings is 2. The van der Waals surface area contributed by atoms with Crippen LogP contribution in [0.15, 0.2) is 126 Å². The molecule has 7 aromatic rings. The SMILES string of the molecule is CC(C)(C)OC(=O)N1CCN(c2ccc(C(=O)O)nc2)CC1.CC(C)(C)OC(=O)Nc1ccc(-c2cccs2)cc1CC(=O)c1ccc(N2CCN(C(=O)OC(C)(C)C)CC2)nc1.Nc1ccc(-c2cccs2)cc1CC(=O)c1ccc(N2CCNCC2)cn1. The van der Waals surface area contributed by atoms with Crippen LogP contribution < -0.4 is 31.1 Å². The minimum atomic E-state index is -1.04. The molecule has 21 nitrogen and oxygen atoms in total. The zero-order valence-electron chi connectivity index (χ0n) is 52.6. The topological polar surface area (TPSA) is 255 Å². The summed E-state index contributed by atoms with van der Waals surface area (Å²) in [5, 5.41) is 19.0. The maximum Gasteiger partial charge on any atom is 0.412 e. The van der Waals surface area contributed by atoms with Gasteiger partial charge in [-0.25, -0.2) is 29.1 Å². The number of hydrogen-bond acceptors (Lipinski definition) is 19. The molecule has 3 aliphatic heterocycles. The number of carbonyl (C=O) groups excluding carboxylic acids is 5. The Bertz CT molecular complexity index is 3540. The Morgan fingerprint density at radius 1 is 0.544 bits per heavy atom. The second-order valence-corrected chi connectivity index (χ2v) is 26.6. The Labute approximate surface area is 534 Å². The van der Waals surface area contributed by atoms with Crippen LogP contribution in [0.3, 0.4) is 0 Å². The number of nitrogens with one attached hydrogen (secondary N) is 2. The van der Waals surface area contributed by atoms with Crippen molar-refractivity contribution in [1.82, 2.24) is 30.1 Å². The molecule has 3 aliphatic rings. The van der Waals surface area contributed by atoms with E-state index < -0.39 is 28.9 Å². The normalized spacial score (nSPS) is 14.5. The number of rotatable bonds is 13. The van der Waals surface area contributed by atoms with Gasteiger partial charge in [0.1, 0.15) is 34.0 Å². The number of amides is 3. The molecule has 3 fully saturated rings. The van der Waals surface area contributed by atoms with E-state index in [2.05, 4.69) is 46.4 Å². The van der Waals surface area contributed by atoms with Crippen LogP contribution in [-0.2, 0) is 27.1 Å². The summed E-state index contributed by atoms with van der Waals surface area (Å²) in [5.41, 5.74) is 12.1. The average Bonchev–Trinajstić information content (AvgIpc) is 2.40. The number of nitrogens with two attached hydrogens (primary N) is 1. The van der Waals surface area contributed by atoms with E-state index in [4.69, 9.17) is 25.1 Å². The fourth-order valence-electron chi connectivity index (χ4n) is 9.78. The number of nitrogen functional groups attached to an aromatic ring is 1. The van der Waals surface area contributed by atoms with Crippen molar-refractivity contribution >= 4 is 87.1 Å². The molecule has 5 aromatic heterocycles. The molecule has 0 radical (unpaired) electrons. The van der Waals surface area contributed by atoms with Gasteiger partial charge in [0.15, 0.2) is 11.6 Å². The van der Waals surface area contributed by atoms with Crippen molar-refractivity contribution in [2.24, 2.45) is 0 Å². The van der Waals surface area contributed by atoms with E-state index in [0.717, 1.165) is 64.9 Å². The molecule has 0 atom stereocenters. The lowest BCUT2D eigenvalue weighted by Gasteiger charge is -2.36. The fraction of sp³-hybridized carbons (Fsp3) is 0.388. The number of carboxylic acid groups (broad SMARTS) is 1. The van der Waals surface area contributed by atoms with Crippen molar-refractivity contribution < 1.29 is 48.1 Å². The summed E-state index contributed by atoms with van der Waals surface area (Å²) in [7, 11) is 0. The van der Waals surface area contributed by atoms with Gasteiger partial charge in [0, 0.05) is 124 Å². The van der Waals surface area contributed by atoms with Crippen molar-refractivity contribution in [2.45, 2.75) is 92.0 Å². The number of hydrogen-bond donors (Lipinski definition) is 4. The quantitative estimate of drug-likeness (QED) is 0.0475. The number of ether oxygens (including phenoxy) is 3. The Hall–Kier alpha value is -8.93. The highest BCUT2D eigenvalue weighted by molar-refractivity contribution is 7.13. The second kappa shape index (κ2) is 30.0. The van der Waals surface area contributed by atoms with Gasteiger partial charge in [0.25, 0.3) is 0 Å². The number of anilines is 5. The van der Waals surface area contributed by atoms with E-state index in [9.17, 15) is 28.8 Å². The van der Waals surface area contributed by atoms with Gasteiger partial charge in [-0.1, -0.05) is 24.3 Å². The number of thiophene rings is 2. The van der Waals surface area contributed by atoms with Crippen LogP contribution >= 0.6 is 22.7 Å². The molecule has 0 unspecified atom stereocenters. The first-order valence-corrected chi connectivity index (χ1v) is 31.7. The van der Waals surface area contributed by atoms with Crippen LogP contribution in [0.5, 0.6) is 0 Å². The third-order valence-electron chi connectivity index (χ3n) is 14.3. The molecule has 0 spiro atoms. The van der Waals surface area contributed by atoms with E-state index in [0.29, 0.717) is 80.6 Å². The lowest BCUT2D eigenvalue weighted by atomic mass is 10.00. The number of aromatic carboxylic acids is 1. The van der Waals surface area contributed by atoms with Crippen LogP contribution in [0.4, 0.5) is 43.0 Å². The first-order valence-electron chi connectivity index (χ1n) is 29.9. The van der Waals surface area contributed by atoms with Crippen molar-refractivity contribution in [1.29, 1.82) is 0 Å². The fourth-order valence-corrected chi connectivity index (χ4v) is 11.2. The van der Waals surface area contributed by atoms with Gasteiger partial charge >= 0.3 is 24.2 Å². The number of piperazine rings is 3. The molecule has 8 heterocycles. The van der Waals surface area contributed by atoms with Gasteiger partial charge in [0.05, 0.1) is 23.8 Å². The Morgan fingerprint density at radius 3 is 1.52 bits per heavy atom. The maximum absolute atomic E-state index is 13.3. The number of nitrogens with zero attached hydrogens (tertiary/aromatic N) is 8. The monoisotopic (exact) mass is 1260 g/mol. The summed E-state index contributed by atoms with van der Waals surface area (Å²) in [4.78, 5) is 98.6. The van der Waals surface area contributed by atoms with E-state index >= 15 is 0 Å². The van der Waals surface area contributed by atoms with Gasteiger partial charge in [-0.2, -0.15) is 0 Å². The molecule has 0 aliphatic carbocycles. The first kappa shape index (κ1) is 67.0. The Kier molecular flexibility index (Phi) is 22.4. The molecule has 23 heteroatoms. The summed E-state index contributed by atoms with van der Waals surface area (Å²) in [6, 6.07) is 30.2. The number of Topliss-reactive ketones (excluding diaryl/α,β-unsaturated/α-hetero) is 2. The standard InChI is InChI=1S/C31H38N4O5S.C21H22N4OS.C15H21N3O4/c1-30(2,3)39-28(37)33-24-11-9-21(26-8-7-17-41-26)18-23(24)19-25(36)22-10-12-27(32-20-22)34-13-15-35(16-14-34)29(38)40-31(4,5)6;22-18-5-3-15(21-2-1-11-27-21)12-16(18)13-20(26)19-6-4-17(14-24-19)25-9-7-23-8-10-25;1-15(2,3)22-14(21)18-8-6-17(7-9-18)11-4-5-12(13(19)20)16-10-11/h7-12,17-18,20H,13-16,19H2,1-6H3,(H,33,37);1-6,11-12,14,23H,7-10,13,22H2;4-5,10H,6-9H2,1-3H3,(H,19,20). The molecule has 476 valence electrons. The lowest BCUT2D eigenvalue weighted by molar-refractivity contribution is 0.0230. The van der Waals surface area contributed by atoms with Crippen LogP contribution in [0.25, 0.3) is 20.9 Å². The molecule has 0 bridgehead atoms. The van der Waals surface area contributed by atoms with E-state index in [1.54, 1.807) is 90.0 Å². The number of pyridine rings is 3. The molecular formula is C67H81N11O10S2. The van der Waals surface area contributed by atoms with E-state index in [-0.39, 0.29) is 42.3 Å². The van der Waals surface area contributed by atoms with Crippen LogP contribution in [-0.4, -0.2) is 161 Å². The van der Waals surface area contributed by atoms with Gasteiger partial charge in [-0.15, -0.1) is 22.7 Å².